The van der Waals surface area contributed by atoms with Crippen LogP contribution in [0.25, 0.3) is 0 Å². The van der Waals surface area contributed by atoms with Crippen LogP contribution in [0, 0.1) is 13.8 Å². The normalized spacial score (nSPS) is 14.8. The molecule has 0 spiro atoms. The molecule has 1 amide bonds. The van der Waals surface area contributed by atoms with E-state index in [1.54, 1.807) is 0 Å². The molecule has 3 rings (SSSR count). The Balaban J connectivity index is 1.79. The summed E-state index contributed by atoms with van der Waals surface area (Å²) < 4.78 is 0. The maximum Gasteiger partial charge on any atom is 0.251 e. The van der Waals surface area contributed by atoms with Crippen molar-refractivity contribution in [2.45, 2.75) is 58.9 Å². The first-order valence-electron chi connectivity index (χ1n) is 9.08. The molecular weight excluding hydrogens is 294 g/mol. The summed E-state index contributed by atoms with van der Waals surface area (Å²) in [6.07, 6.45) is 5.64. The molecule has 0 aliphatic heterocycles. The quantitative estimate of drug-likeness (QED) is 0.837. The van der Waals surface area contributed by atoms with Crippen molar-refractivity contribution in [1.82, 2.24) is 5.32 Å². The van der Waals surface area contributed by atoms with Crippen LogP contribution in [-0.2, 0) is 12.8 Å². The average molecular weight is 321 g/mol. The van der Waals surface area contributed by atoms with E-state index in [0.717, 1.165) is 24.8 Å². The van der Waals surface area contributed by atoms with Crippen molar-refractivity contribution in [2.24, 2.45) is 0 Å². The fourth-order valence-electron chi connectivity index (χ4n) is 3.73. The van der Waals surface area contributed by atoms with Crippen LogP contribution >= 0.6 is 0 Å². The van der Waals surface area contributed by atoms with Crippen LogP contribution in [0.4, 0.5) is 0 Å². The second-order valence-electron chi connectivity index (χ2n) is 6.98. The highest BCUT2D eigenvalue weighted by Crippen LogP contribution is 2.24. The molecule has 0 bridgehead atoms. The van der Waals surface area contributed by atoms with E-state index in [0.29, 0.717) is 0 Å². The van der Waals surface area contributed by atoms with E-state index in [9.17, 15) is 4.79 Å². The van der Waals surface area contributed by atoms with E-state index >= 15 is 0 Å². The van der Waals surface area contributed by atoms with Gasteiger partial charge in [0.05, 0.1) is 6.04 Å². The smallest absolute Gasteiger partial charge is 0.251 e. The molecule has 1 atom stereocenters. The number of fused-ring (bicyclic) bond motifs is 1. The van der Waals surface area contributed by atoms with Crippen LogP contribution in [0.1, 0.15) is 70.4 Å². The van der Waals surface area contributed by atoms with Crippen molar-refractivity contribution < 1.29 is 4.79 Å². The second kappa shape index (κ2) is 7.21. The number of hydrogen-bond acceptors (Lipinski definition) is 1. The minimum atomic E-state index is 0.0372. The molecule has 2 aromatic rings. The van der Waals surface area contributed by atoms with Gasteiger partial charge in [-0.05, 0) is 80.3 Å². The molecule has 0 heterocycles. The summed E-state index contributed by atoms with van der Waals surface area (Å²) in [6, 6.07) is 12.7. The van der Waals surface area contributed by atoms with Gasteiger partial charge in [0, 0.05) is 5.56 Å². The zero-order valence-corrected chi connectivity index (χ0v) is 15.0. The molecule has 2 nitrogen and oxygen atoms in total. The first kappa shape index (κ1) is 16.8. The van der Waals surface area contributed by atoms with Crippen LogP contribution in [-0.4, -0.2) is 5.91 Å². The first-order chi connectivity index (χ1) is 11.6. The Bertz CT molecular complexity index is 748. The average Bonchev–Trinajstić information content (AvgIpc) is 2.59. The Morgan fingerprint density at radius 1 is 1.04 bits per heavy atom. The molecule has 0 unspecified atom stereocenters. The van der Waals surface area contributed by atoms with Gasteiger partial charge < -0.3 is 5.32 Å². The van der Waals surface area contributed by atoms with E-state index in [-0.39, 0.29) is 11.9 Å². The first-order valence-corrected chi connectivity index (χ1v) is 9.08. The molecule has 0 saturated carbocycles. The lowest BCUT2D eigenvalue weighted by molar-refractivity contribution is 0.0935. The predicted molar refractivity (Wildman–Crippen MR) is 99.5 cm³/mol. The van der Waals surface area contributed by atoms with Gasteiger partial charge in [0.15, 0.2) is 0 Å². The number of nitrogens with one attached hydrogen (secondary N) is 1. The number of hydrogen-bond donors (Lipinski definition) is 1. The SMILES string of the molecule is CC[C@H](NC(=O)c1ccc2c(c1)CCCC2)c1ccc(C)cc1C. The van der Waals surface area contributed by atoms with Crippen molar-refractivity contribution in [3.05, 3.63) is 69.8 Å². The summed E-state index contributed by atoms with van der Waals surface area (Å²) in [5.41, 5.74) is 7.28. The van der Waals surface area contributed by atoms with E-state index in [2.05, 4.69) is 56.4 Å². The van der Waals surface area contributed by atoms with Gasteiger partial charge in [-0.25, -0.2) is 0 Å². The fourth-order valence-corrected chi connectivity index (χ4v) is 3.73. The third-order valence-corrected chi connectivity index (χ3v) is 5.12. The molecule has 1 N–H and O–H groups in total. The highest BCUT2D eigenvalue weighted by atomic mass is 16.1. The third-order valence-electron chi connectivity index (χ3n) is 5.12. The standard InChI is InChI=1S/C22H27NO/c1-4-21(20-12-9-15(2)13-16(20)3)23-22(24)19-11-10-17-7-5-6-8-18(17)14-19/h9-14,21H,4-8H2,1-3H3,(H,23,24)/t21-/m0/s1. The summed E-state index contributed by atoms with van der Waals surface area (Å²) in [6.45, 7) is 6.34. The molecule has 1 aliphatic rings. The lowest BCUT2D eigenvalue weighted by atomic mass is 9.90. The van der Waals surface area contributed by atoms with Crippen LogP contribution in [0.15, 0.2) is 36.4 Å². The van der Waals surface area contributed by atoms with Crippen LogP contribution in [0.5, 0.6) is 0 Å². The summed E-state index contributed by atoms with van der Waals surface area (Å²) in [4.78, 5) is 12.7. The van der Waals surface area contributed by atoms with E-state index < -0.39 is 0 Å². The Morgan fingerprint density at radius 3 is 2.50 bits per heavy atom. The van der Waals surface area contributed by atoms with Crippen molar-refractivity contribution in [1.29, 1.82) is 0 Å². The Morgan fingerprint density at radius 2 is 1.79 bits per heavy atom. The van der Waals surface area contributed by atoms with Gasteiger partial charge in [-0.3, -0.25) is 4.79 Å². The largest absolute Gasteiger partial charge is 0.345 e. The Hall–Kier alpha value is -2.09. The minimum absolute atomic E-state index is 0.0372. The lowest BCUT2D eigenvalue weighted by Gasteiger charge is -2.21. The van der Waals surface area contributed by atoms with Crippen LogP contribution in [0.2, 0.25) is 0 Å². The molecule has 0 saturated heterocycles. The topological polar surface area (TPSA) is 29.1 Å². The van der Waals surface area contributed by atoms with Crippen LogP contribution in [0.3, 0.4) is 0 Å². The van der Waals surface area contributed by atoms with E-state index in [1.807, 2.05) is 6.07 Å². The summed E-state index contributed by atoms with van der Waals surface area (Å²) in [5, 5.41) is 3.23. The van der Waals surface area contributed by atoms with Gasteiger partial charge in [0.25, 0.3) is 5.91 Å². The number of amides is 1. The summed E-state index contributed by atoms with van der Waals surface area (Å²) in [7, 11) is 0. The van der Waals surface area contributed by atoms with Gasteiger partial charge in [0.1, 0.15) is 0 Å². The monoisotopic (exact) mass is 321 g/mol. The minimum Gasteiger partial charge on any atom is -0.345 e. The van der Waals surface area contributed by atoms with Crippen molar-refractivity contribution >= 4 is 5.91 Å². The number of carbonyl (C=O) groups excluding carboxylic acids is 1. The van der Waals surface area contributed by atoms with Gasteiger partial charge in [-0.2, -0.15) is 0 Å². The lowest BCUT2D eigenvalue weighted by Crippen LogP contribution is -2.29. The molecule has 0 aromatic heterocycles. The van der Waals surface area contributed by atoms with Crippen molar-refractivity contribution in [3.8, 4) is 0 Å². The molecule has 2 heteroatoms. The van der Waals surface area contributed by atoms with Gasteiger partial charge in [-0.15, -0.1) is 0 Å². The zero-order valence-electron chi connectivity index (χ0n) is 15.0. The highest BCUT2D eigenvalue weighted by molar-refractivity contribution is 5.94. The highest BCUT2D eigenvalue weighted by Gasteiger charge is 2.17. The van der Waals surface area contributed by atoms with Gasteiger partial charge in [-0.1, -0.05) is 36.8 Å². The van der Waals surface area contributed by atoms with Crippen molar-refractivity contribution in [3.63, 3.8) is 0 Å². The molecule has 1 aliphatic carbocycles. The zero-order chi connectivity index (χ0) is 17.1. The number of rotatable bonds is 4. The summed E-state index contributed by atoms with van der Waals surface area (Å²) in [5.74, 6) is 0.0372. The molecule has 126 valence electrons. The van der Waals surface area contributed by atoms with E-state index in [1.165, 1.54) is 40.7 Å². The maximum atomic E-state index is 12.7. The molecular formula is C22H27NO. The van der Waals surface area contributed by atoms with Gasteiger partial charge >= 0.3 is 0 Å². The van der Waals surface area contributed by atoms with Crippen molar-refractivity contribution in [2.75, 3.05) is 0 Å². The molecule has 0 fully saturated rings. The Labute approximate surface area is 145 Å². The van der Waals surface area contributed by atoms with Crippen LogP contribution < -0.4 is 5.32 Å². The van der Waals surface area contributed by atoms with Gasteiger partial charge in [0.2, 0.25) is 0 Å². The third kappa shape index (κ3) is 3.53. The fraction of sp³-hybridized carbons (Fsp3) is 0.409. The molecule has 24 heavy (non-hydrogen) atoms. The second-order valence-corrected chi connectivity index (χ2v) is 6.98. The number of aryl methyl sites for hydroxylation is 4. The summed E-state index contributed by atoms with van der Waals surface area (Å²) >= 11 is 0. The maximum absolute atomic E-state index is 12.7. The van der Waals surface area contributed by atoms with E-state index in [4.69, 9.17) is 0 Å². The predicted octanol–water partition coefficient (Wildman–Crippen LogP) is 5.06. The number of carbonyl (C=O) groups is 1. The number of benzene rings is 2. The molecule has 0 radical (unpaired) electrons. The Kier molecular flexibility index (Phi) is 5.03. The molecule has 2 aromatic carbocycles.